The lowest BCUT2D eigenvalue weighted by atomic mass is 10.0. The highest BCUT2D eigenvalue weighted by Crippen LogP contribution is 2.30. The van der Waals surface area contributed by atoms with Crippen molar-refractivity contribution in [1.82, 2.24) is 0 Å². The molecule has 1 amide bonds. The Kier molecular flexibility index (Phi) is 6.72. The molecule has 1 aliphatic heterocycles. The number of aryl methyl sites for hydroxylation is 1. The predicted molar refractivity (Wildman–Crippen MR) is 127 cm³/mol. The van der Waals surface area contributed by atoms with Crippen LogP contribution in [0.3, 0.4) is 0 Å². The Labute approximate surface area is 196 Å². The van der Waals surface area contributed by atoms with Crippen LogP contribution in [0.15, 0.2) is 57.3 Å². The SMILES string of the molecule is CC(C)=CCc1cc(C(=O)Nc2cc3ccc(O[C@H]4C[C@@H](O)CO4)c(C)c3oc2=O)ccc1O. The summed E-state index contributed by atoms with van der Waals surface area (Å²) in [6.45, 7) is 5.88. The number of nitrogens with one attached hydrogen (secondary N) is 1. The van der Waals surface area contributed by atoms with Crippen LogP contribution in [0.4, 0.5) is 5.69 Å². The Morgan fingerprint density at radius 2 is 2.03 bits per heavy atom. The number of fused-ring (bicyclic) bond motifs is 1. The van der Waals surface area contributed by atoms with E-state index in [1.54, 1.807) is 31.2 Å². The number of allylic oxidation sites excluding steroid dienone is 2. The Hall–Kier alpha value is -3.62. The fourth-order valence-corrected chi connectivity index (χ4v) is 3.72. The van der Waals surface area contributed by atoms with Gasteiger partial charge in [-0.15, -0.1) is 0 Å². The van der Waals surface area contributed by atoms with Crippen LogP contribution < -0.4 is 15.7 Å². The van der Waals surface area contributed by atoms with Gasteiger partial charge in [-0.1, -0.05) is 11.6 Å². The van der Waals surface area contributed by atoms with Crippen molar-refractivity contribution >= 4 is 22.6 Å². The highest BCUT2D eigenvalue weighted by Gasteiger charge is 2.26. The van der Waals surface area contributed by atoms with Crippen molar-refractivity contribution < 1.29 is 28.9 Å². The van der Waals surface area contributed by atoms with Crippen molar-refractivity contribution in [3.63, 3.8) is 0 Å². The van der Waals surface area contributed by atoms with Crippen molar-refractivity contribution in [3.8, 4) is 11.5 Å². The summed E-state index contributed by atoms with van der Waals surface area (Å²) in [6.07, 6.45) is 1.67. The van der Waals surface area contributed by atoms with Gasteiger partial charge in [-0.25, -0.2) is 4.79 Å². The number of ether oxygens (including phenoxy) is 2. The van der Waals surface area contributed by atoms with E-state index in [4.69, 9.17) is 13.9 Å². The second-order valence-electron chi connectivity index (χ2n) is 8.61. The van der Waals surface area contributed by atoms with Crippen molar-refractivity contribution in [2.75, 3.05) is 11.9 Å². The number of hydrogen-bond donors (Lipinski definition) is 3. The van der Waals surface area contributed by atoms with Gasteiger partial charge in [0, 0.05) is 22.9 Å². The van der Waals surface area contributed by atoms with Crippen LogP contribution in [0.1, 0.15) is 41.8 Å². The molecule has 0 aliphatic carbocycles. The van der Waals surface area contributed by atoms with Crippen molar-refractivity contribution in [2.24, 2.45) is 0 Å². The van der Waals surface area contributed by atoms with Gasteiger partial charge in [-0.05, 0) is 69.2 Å². The molecule has 34 heavy (non-hydrogen) atoms. The summed E-state index contributed by atoms with van der Waals surface area (Å²) in [4.78, 5) is 25.4. The van der Waals surface area contributed by atoms with E-state index >= 15 is 0 Å². The standard InChI is InChI=1S/C26H27NO7/c1-14(2)4-5-16-10-18(6-8-21(16)29)25(30)27-20-11-17-7-9-22(15(3)24(17)34-26(20)31)33-23-12-19(28)13-32-23/h4,6-11,19,23,28-29H,5,12-13H2,1-3H3,(H,27,30)/t19-,23+/m1/s1. The van der Waals surface area contributed by atoms with Crippen LogP contribution in [0.5, 0.6) is 11.5 Å². The van der Waals surface area contributed by atoms with Crippen LogP contribution in [0, 0.1) is 6.92 Å². The minimum absolute atomic E-state index is 0.00624. The number of aliphatic hydroxyl groups excluding tert-OH is 1. The summed E-state index contributed by atoms with van der Waals surface area (Å²) >= 11 is 0. The number of aromatic hydroxyl groups is 1. The molecule has 0 unspecified atom stereocenters. The number of rotatable bonds is 6. The Morgan fingerprint density at radius 3 is 2.74 bits per heavy atom. The molecule has 1 aliphatic rings. The number of aliphatic hydroxyl groups is 1. The molecule has 8 heteroatoms. The monoisotopic (exact) mass is 465 g/mol. The molecule has 4 rings (SSSR count). The molecule has 1 aromatic heterocycles. The smallest absolute Gasteiger partial charge is 0.360 e. The number of carbonyl (C=O) groups excluding carboxylic acids is 1. The fourth-order valence-electron chi connectivity index (χ4n) is 3.72. The molecule has 3 N–H and O–H groups in total. The maximum Gasteiger partial charge on any atom is 0.360 e. The molecule has 2 aromatic carbocycles. The van der Waals surface area contributed by atoms with E-state index in [0.29, 0.717) is 46.3 Å². The maximum atomic E-state index is 12.8. The predicted octanol–water partition coefficient (Wildman–Crippen LogP) is 4.05. The van der Waals surface area contributed by atoms with Gasteiger partial charge in [-0.2, -0.15) is 0 Å². The van der Waals surface area contributed by atoms with E-state index in [9.17, 15) is 19.8 Å². The number of anilines is 1. The lowest BCUT2D eigenvalue weighted by molar-refractivity contribution is -0.0404. The van der Waals surface area contributed by atoms with E-state index in [0.717, 1.165) is 5.57 Å². The molecule has 1 fully saturated rings. The quantitative estimate of drug-likeness (QED) is 0.371. The van der Waals surface area contributed by atoms with E-state index in [2.05, 4.69) is 5.32 Å². The molecule has 8 nitrogen and oxygen atoms in total. The third-order valence-corrected chi connectivity index (χ3v) is 5.62. The van der Waals surface area contributed by atoms with Crippen LogP contribution in [-0.4, -0.2) is 35.1 Å². The minimum Gasteiger partial charge on any atom is -0.508 e. The van der Waals surface area contributed by atoms with Gasteiger partial charge in [0.2, 0.25) is 6.29 Å². The first-order valence-electron chi connectivity index (χ1n) is 11.0. The maximum absolute atomic E-state index is 12.8. The third kappa shape index (κ3) is 5.13. The van der Waals surface area contributed by atoms with Gasteiger partial charge in [0.1, 0.15) is 22.8 Å². The summed E-state index contributed by atoms with van der Waals surface area (Å²) in [6, 6.07) is 9.56. The number of carbonyl (C=O) groups is 1. The molecule has 2 atom stereocenters. The van der Waals surface area contributed by atoms with Gasteiger partial charge in [0.05, 0.1) is 12.7 Å². The van der Waals surface area contributed by atoms with Gasteiger partial charge in [0.15, 0.2) is 0 Å². The van der Waals surface area contributed by atoms with E-state index in [1.807, 2.05) is 19.9 Å². The Balaban J connectivity index is 1.57. The molecular weight excluding hydrogens is 438 g/mol. The zero-order chi connectivity index (χ0) is 24.4. The van der Waals surface area contributed by atoms with Crippen molar-refractivity contribution in [2.45, 2.75) is 46.0 Å². The lowest BCUT2D eigenvalue weighted by Crippen LogP contribution is -2.18. The van der Waals surface area contributed by atoms with E-state index in [1.165, 1.54) is 12.1 Å². The second-order valence-corrected chi connectivity index (χ2v) is 8.61. The van der Waals surface area contributed by atoms with Gasteiger partial charge in [0.25, 0.3) is 5.91 Å². The first-order chi connectivity index (χ1) is 16.2. The van der Waals surface area contributed by atoms with Crippen molar-refractivity contribution in [3.05, 3.63) is 75.2 Å². The molecule has 1 saturated heterocycles. The Bertz CT molecular complexity index is 1320. The Morgan fingerprint density at radius 1 is 1.24 bits per heavy atom. The molecule has 0 saturated carbocycles. The summed E-state index contributed by atoms with van der Waals surface area (Å²) in [5.74, 6) is 0.100. The molecule has 0 spiro atoms. The highest BCUT2D eigenvalue weighted by molar-refractivity contribution is 6.05. The highest BCUT2D eigenvalue weighted by atomic mass is 16.7. The van der Waals surface area contributed by atoms with Crippen LogP contribution in [0.25, 0.3) is 11.0 Å². The number of phenolic OH excluding ortho intramolecular Hbond substituents is 1. The third-order valence-electron chi connectivity index (χ3n) is 5.62. The molecule has 2 heterocycles. The number of phenols is 1. The zero-order valence-corrected chi connectivity index (χ0v) is 19.3. The summed E-state index contributed by atoms with van der Waals surface area (Å²) in [5.41, 5.74) is 2.28. The normalized spacial score (nSPS) is 17.5. The number of amides is 1. The van der Waals surface area contributed by atoms with Gasteiger partial charge in [-0.3, -0.25) is 4.79 Å². The van der Waals surface area contributed by atoms with E-state index < -0.39 is 23.9 Å². The lowest BCUT2D eigenvalue weighted by Gasteiger charge is -2.15. The average molecular weight is 466 g/mol. The van der Waals surface area contributed by atoms with E-state index in [-0.39, 0.29) is 18.0 Å². The van der Waals surface area contributed by atoms with Crippen LogP contribution in [-0.2, 0) is 11.2 Å². The summed E-state index contributed by atoms with van der Waals surface area (Å²) in [7, 11) is 0. The first kappa shape index (κ1) is 23.5. The van der Waals surface area contributed by atoms with Gasteiger partial charge < -0.3 is 29.4 Å². The number of hydrogen-bond acceptors (Lipinski definition) is 7. The molecular formula is C26H27NO7. The van der Waals surface area contributed by atoms with Crippen LogP contribution in [0.2, 0.25) is 0 Å². The minimum atomic E-state index is -0.697. The summed E-state index contributed by atoms with van der Waals surface area (Å²) in [5, 5.41) is 22.9. The second kappa shape index (κ2) is 9.70. The summed E-state index contributed by atoms with van der Waals surface area (Å²) < 4.78 is 16.7. The molecule has 0 bridgehead atoms. The van der Waals surface area contributed by atoms with Crippen LogP contribution >= 0.6 is 0 Å². The van der Waals surface area contributed by atoms with Crippen molar-refractivity contribution in [1.29, 1.82) is 0 Å². The number of benzene rings is 2. The topological polar surface area (TPSA) is 118 Å². The molecule has 178 valence electrons. The van der Waals surface area contributed by atoms with Gasteiger partial charge >= 0.3 is 5.63 Å². The zero-order valence-electron chi connectivity index (χ0n) is 19.3. The molecule has 0 radical (unpaired) electrons. The average Bonchev–Trinajstić information content (AvgIpc) is 3.20. The largest absolute Gasteiger partial charge is 0.508 e. The fraction of sp³-hybridized carbons (Fsp3) is 0.308. The molecule has 3 aromatic rings. The first-order valence-corrected chi connectivity index (χ1v) is 11.0.